The third-order valence-electron chi connectivity index (χ3n) is 8.25. The maximum Gasteiger partial charge on any atom is 0.312 e. The van der Waals surface area contributed by atoms with Crippen molar-refractivity contribution >= 4 is 35.1 Å². The lowest BCUT2D eigenvalue weighted by atomic mass is 9.62. The SMILES string of the molecule is C=CCCOC(=O)[C@H]1[C@H]2C(=O)N(CCO)C(C(=O)N(CC=C)c3c(C)cccc3Cl)C23CC(C)[C@]1(C)O3. The molecule has 2 bridgehead atoms. The number of carbonyl (C=O) groups excluding carboxylic acids is 3. The van der Waals surface area contributed by atoms with E-state index < -0.39 is 41.0 Å². The number of nitrogens with zero attached hydrogens (tertiary/aromatic N) is 2. The number of para-hydroxylation sites is 1. The number of β-amino-alcohol motifs (C(OH)–C–C–N with tert-alkyl or cyclic N) is 1. The summed E-state index contributed by atoms with van der Waals surface area (Å²) in [5, 5.41) is 10.2. The van der Waals surface area contributed by atoms with E-state index in [0.29, 0.717) is 23.6 Å². The van der Waals surface area contributed by atoms with E-state index in [1.807, 2.05) is 26.8 Å². The Morgan fingerprint density at radius 2 is 2.08 bits per heavy atom. The molecule has 3 fully saturated rings. The minimum Gasteiger partial charge on any atom is -0.465 e. The fourth-order valence-electron chi connectivity index (χ4n) is 6.59. The third kappa shape index (κ3) is 4.10. The summed E-state index contributed by atoms with van der Waals surface area (Å²) in [7, 11) is 0. The van der Waals surface area contributed by atoms with Gasteiger partial charge in [-0.25, -0.2) is 0 Å². The summed E-state index contributed by atoms with van der Waals surface area (Å²) in [5.74, 6) is -3.18. The lowest BCUT2D eigenvalue weighted by Crippen LogP contribution is -2.57. The molecule has 1 N–H and O–H groups in total. The summed E-state index contributed by atoms with van der Waals surface area (Å²) in [6, 6.07) is 4.31. The molecule has 2 amide bonds. The highest BCUT2D eigenvalue weighted by Gasteiger charge is 2.80. The monoisotopic (exact) mass is 530 g/mol. The standard InChI is InChI=1S/C28H35ClN2O6/c1-6-8-15-36-26(35)21-20-24(33)31(13-14-32)23(28(20)16-18(4)27(21,5)37-28)25(34)30(12-7-2)22-17(3)10-9-11-19(22)29/h6-7,9-11,18,20-21,23,32H,1-2,8,12-16H2,3-5H3/t18?,20-,21+,23?,27-,28?/m0/s1. The van der Waals surface area contributed by atoms with Crippen LogP contribution < -0.4 is 4.90 Å². The Morgan fingerprint density at radius 1 is 1.35 bits per heavy atom. The molecule has 9 heteroatoms. The van der Waals surface area contributed by atoms with Crippen LogP contribution in [0.4, 0.5) is 5.69 Å². The summed E-state index contributed by atoms with van der Waals surface area (Å²) in [4.78, 5) is 44.6. The molecule has 37 heavy (non-hydrogen) atoms. The second kappa shape index (κ2) is 10.2. The number of aliphatic hydroxyl groups excluding tert-OH is 1. The summed E-state index contributed by atoms with van der Waals surface area (Å²) in [6.45, 7) is 13.0. The number of hydrogen-bond donors (Lipinski definition) is 1. The van der Waals surface area contributed by atoms with Gasteiger partial charge in [0.05, 0.1) is 35.4 Å². The highest BCUT2D eigenvalue weighted by molar-refractivity contribution is 6.34. The molecule has 1 aromatic rings. The van der Waals surface area contributed by atoms with Gasteiger partial charge in [0.25, 0.3) is 5.91 Å². The van der Waals surface area contributed by atoms with Crippen LogP contribution in [-0.2, 0) is 23.9 Å². The molecule has 1 spiro atoms. The maximum atomic E-state index is 14.4. The zero-order valence-electron chi connectivity index (χ0n) is 21.6. The number of aliphatic hydroxyl groups is 1. The topological polar surface area (TPSA) is 96.4 Å². The van der Waals surface area contributed by atoms with Crippen molar-refractivity contribution in [3.8, 4) is 0 Å². The Kier molecular flexibility index (Phi) is 7.57. The quantitative estimate of drug-likeness (QED) is 0.283. The molecule has 200 valence electrons. The lowest BCUT2D eigenvalue weighted by Gasteiger charge is -2.37. The molecule has 3 saturated heterocycles. The van der Waals surface area contributed by atoms with Crippen molar-refractivity contribution in [3.63, 3.8) is 0 Å². The van der Waals surface area contributed by atoms with E-state index in [1.165, 1.54) is 9.80 Å². The number of hydrogen-bond acceptors (Lipinski definition) is 6. The van der Waals surface area contributed by atoms with E-state index >= 15 is 0 Å². The Morgan fingerprint density at radius 3 is 2.70 bits per heavy atom. The van der Waals surface area contributed by atoms with Crippen LogP contribution in [0.3, 0.4) is 0 Å². The number of benzene rings is 1. The van der Waals surface area contributed by atoms with Crippen molar-refractivity contribution in [2.75, 3.05) is 31.2 Å². The number of anilines is 1. The van der Waals surface area contributed by atoms with Gasteiger partial charge in [-0.1, -0.05) is 42.8 Å². The van der Waals surface area contributed by atoms with Crippen molar-refractivity contribution in [2.45, 2.75) is 50.9 Å². The highest BCUT2D eigenvalue weighted by atomic mass is 35.5. The van der Waals surface area contributed by atoms with E-state index in [2.05, 4.69) is 13.2 Å². The van der Waals surface area contributed by atoms with Crippen molar-refractivity contribution in [3.05, 3.63) is 54.1 Å². The van der Waals surface area contributed by atoms with Crippen molar-refractivity contribution in [1.29, 1.82) is 0 Å². The first-order valence-corrected chi connectivity index (χ1v) is 13.0. The van der Waals surface area contributed by atoms with Gasteiger partial charge in [0.15, 0.2) is 0 Å². The summed E-state index contributed by atoms with van der Waals surface area (Å²) >= 11 is 6.55. The molecule has 0 aliphatic carbocycles. The predicted molar refractivity (Wildman–Crippen MR) is 140 cm³/mol. The number of rotatable bonds is 10. The van der Waals surface area contributed by atoms with Crippen LogP contribution in [0.15, 0.2) is 43.5 Å². The second-order valence-electron chi connectivity index (χ2n) is 10.3. The van der Waals surface area contributed by atoms with Crippen LogP contribution in [0.25, 0.3) is 0 Å². The van der Waals surface area contributed by atoms with Gasteiger partial charge in [-0.3, -0.25) is 14.4 Å². The highest BCUT2D eigenvalue weighted by Crippen LogP contribution is 2.65. The molecule has 4 rings (SSSR count). The molecule has 1 aromatic carbocycles. The van der Waals surface area contributed by atoms with Gasteiger partial charge in [0.1, 0.15) is 17.6 Å². The fourth-order valence-corrected chi connectivity index (χ4v) is 6.91. The first-order chi connectivity index (χ1) is 17.6. The summed E-state index contributed by atoms with van der Waals surface area (Å²) < 4.78 is 12.2. The summed E-state index contributed by atoms with van der Waals surface area (Å²) in [5.41, 5.74) is -0.902. The van der Waals surface area contributed by atoms with Gasteiger partial charge in [0, 0.05) is 13.1 Å². The molecule has 0 radical (unpaired) electrons. The molecule has 0 aromatic heterocycles. The number of likely N-dealkylation sites (tertiary alicyclic amines) is 1. The Bertz CT molecular complexity index is 1100. The predicted octanol–water partition coefficient (Wildman–Crippen LogP) is 3.29. The van der Waals surface area contributed by atoms with Gasteiger partial charge in [-0.05, 0) is 44.2 Å². The number of fused-ring (bicyclic) bond motifs is 1. The molecular weight excluding hydrogens is 496 g/mol. The normalized spacial score (nSPS) is 31.8. The number of amides is 2. The van der Waals surface area contributed by atoms with Gasteiger partial charge >= 0.3 is 5.97 Å². The molecule has 8 nitrogen and oxygen atoms in total. The molecule has 3 heterocycles. The van der Waals surface area contributed by atoms with E-state index in [4.69, 9.17) is 21.1 Å². The Labute approximate surface area is 222 Å². The number of ether oxygens (including phenoxy) is 2. The van der Waals surface area contributed by atoms with Crippen LogP contribution in [0.2, 0.25) is 5.02 Å². The van der Waals surface area contributed by atoms with E-state index in [1.54, 1.807) is 24.3 Å². The number of halogens is 1. The first kappa shape index (κ1) is 27.4. The summed E-state index contributed by atoms with van der Waals surface area (Å²) in [6.07, 6.45) is 4.15. The van der Waals surface area contributed by atoms with Gasteiger partial charge < -0.3 is 24.4 Å². The second-order valence-corrected chi connectivity index (χ2v) is 10.8. The zero-order chi connectivity index (χ0) is 27.1. The van der Waals surface area contributed by atoms with Crippen molar-refractivity contribution in [2.24, 2.45) is 17.8 Å². The number of aryl methyl sites for hydroxylation is 1. The third-order valence-corrected chi connectivity index (χ3v) is 8.55. The molecule has 3 unspecified atom stereocenters. The fraction of sp³-hybridized carbons (Fsp3) is 0.536. The Balaban J connectivity index is 1.81. The minimum absolute atomic E-state index is 0.0659. The molecule has 3 aliphatic rings. The largest absolute Gasteiger partial charge is 0.465 e. The van der Waals surface area contributed by atoms with Crippen LogP contribution in [0, 0.1) is 24.7 Å². The minimum atomic E-state index is -1.24. The van der Waals surface area contributed by atoms with Crippen LogP contribution in [0.1, 0.15) is 32.3 Å². The lowest BCUT2D eigenvalue weighted by molar-refractivity contribution is -0.161. The number of carbonyl (C=O) groups is 3. The van der Waals surface area contributed by atoms with E-state index in [9.17, 15) is 19.5 Å². The van der Waals surface area contributed by atoms with Gasteiger partial charge in [-0.2, -0.15) is 0 Å². The van der Waals surface area contributed by atoms with Gasteiger partial charge in [0.2, 0.25) is 5.91 Å². The number of esters is 1. The smallest absolute Gasteiger partial charge is 0.312 e. The van der Waals surface area contributed by atoms with Crippen LogP contribution >= 0.6 is 11.6 Å². The molecule has 6 atom stereocenters. The average molecular weight is 531 g/mol. The first-order valence-electron chi connectivity index (χ1n) is 12.7. The van der Waals surface area contributed by atoms with E-state index in [0.717, 1.165) is 5.56 Å². The molecule has 3 aliphatic heterocycles. The van der Waals surface area contributed by atoms with Crippen LogP contribution in [0.5, 0.6) is 0 Å². The van der Waals surface area contributed by atoms with Gasteiger partial charge in [-0.15, -0.1) is 13.2 Å². The van der Waals surface area contributed by atoms with Crippen molar-refractivity contribution < 1.29 is 29.0 Å². The van der Waals surface area contributed by atoms with Crippen LogP contribution in [-0.4, -0.2) is 71.3 Å². The average Bonchev–Trinajstić information content (AvgIpc) is 3.35. The molecule has 0 saturated carbocycles. The van der Waals surface area contributed by atoms with Crippen molar-refractivity contribution in [1.82, 2.24) is 4.90 Å². The molecular formula is C28H35ClN2O6. The van der Waals surface area contributed by atoms with E-state index in [-0.39, 0.29) is 38.1 Å². The zero-order valence-corrected chi connectivity index (χ0v) is 22.4. The Hall–Kier alpha value is -2.68. The maximum absolute atomic E-state index is 14.4.